The predicted octanol–water partition coefficient (Wildman–Crippen LogP) is 3.05. The number of carbonyl (C=O) groups is 1. The number of hydrogen-bond donors (Lipinski definition) is 0. The van der Waals surface area contributed by atoms with Crippen molar-refractivity contribution in [3.05, 3.63) is 21.9 Å². The molecular formula is C11H16O2S. The fourth-order valence-electron chi connectivity index (χ4n) is 1.19. The molecular weight excluding hydrogens is 196 g/mol. The van der Waals surface area contributed by atoms with Gasteiger partial charge in [-0.15, -0.1) is 11.3 Å². The Hall–Kier alpha value is -0.670. The number of hydrogen-bond acceptors (Lipinski definition) is 3. The van der Waals surface area contributed by atoms with Crippen LogP contribution in [0.15, 0.2) is 11.4 Å². The Labute approximate surface area is 88.9 Å². The quantitative estimate of drug-likeness (QED) is 0.701. The third-order valence-corrected chi connectivity index (χ3v) is 3.09. The molecule has 0 radical (unpaired) electrons. The minimum Gasteiger partial charge on any atom is -0.382 e. The molecule has 0 N–H and O–H groups in total. The van der Waals surface area contributed by atoms with E-state index in [1.807, 2.05) is 25.3 Å². The summed E-state index contributed by atoms with van der Waals surface area (Å²) in [5.74, 6) is 0.221. The van der Waals surface area contributed by atoms with Crippen molar-refractivity contribution in [3.8, 4) is 0 Å². The van der Waals surface area contributed by atoms with Crippen molar-refractivity contribution < 1.29 is 9.53 Å². The lowest BCUT2D eigenvalue weighted by atomic mass is 10.1. The summed E-state index contributed by atoms with van der Waals surface area (Å²) in [7, 11) is 1.67. The second kappa shape index (κ2) is 5.27. The summed E-state index contributed by atoms with van der Waals surface area (Å²) in [4.78, 5) is 12.8. The molecule has 3 heteroatoms. The molecule has 0 aromatic carbocycles. The topological polar surface area (TPSA) is 26.3 Å². The van der Waals surface area contributed by atoms with Gasteiger partial charge < -0.3 is 4.74 Å². The van der Waals surface area contributed by atoms with E-state index in [2.05, 4.69) is 0 Å². The van der Waals surface area contributed by atoms with E-state index in [0.717, 1.165) is 12.0 Å². The molecule has 1 rings (SSSR count). The fourth-order valence-corrected chi connectivity index (χ4v) is 1.89. The molecule has 0 fully saturated rings. The number of Topliss-reactive ketones (excluding diaryl/α,β-unsaturated/α-hetero) is 1. The Morgan fingerprint density at radius 2 is 2.36 bits per heavy atom. The summed E-state index contributed by atoms with van der Waals surface area (Å²) in [6.45, 7) is 3.99. The monoisotopic (exact) mass is 212 g/mol. The molecule has 14 heavy (non-hydrogen) atoms. The summed E-state index contributed by atoms with van der Waals surface area (Å²) < 4.78 is 5.09. The van der Waals surface area contributed by atoms with Crippen LogP contribution < -0.4 is 0 Å². The summed E-state index contributed by atoms with van der Waals surface area (Å²) in [5.41, 5.74) is 0.843. The SMILES string of the molecule is COC(C)CCC(=O)c1csc(C)c1. The summed E-state index contributed by atoms with van der Waals surface area (Å²) in [5, 5.41) is 1.93. The van der Waals surface area contributed by atoms with Crippen LogP contribution in [0, 0.1) is 6.92 Å². The molecule has 0 spiro atoms. The zero-order valence-electron chi connectivity index (χ0n) is 8.87. The van der Waals surface area contributed by atoms with Gasteiger partial charge in [-0.25, -0.2) is 0 Å². The highest BCUT2D eigenvalue weighted by Crippen LogP contribution is 2.16. The van der Waals surface area contributed by atoms with Gasteiger partial charge in [0.2, 0.25) is 0 Å². The molecule has 1 aromatic heterocycles. The molecule has 0 aliphatic rings. The third kappa shape index (κ3) is 3.24. The lowest BCUT2D eigenvalue weighted by Gasteiger charge is -2.07. The van der Waals surface area contributed by atoms with E-state index in [0.29, 0.717) is 6.42 Å². The first kappa shape index (κ1) is 11.4. The second-order valence-electron chi connectivity index (χ2n) is 3.45. The molecule has 1 aromatic rings. The number of ketones is 1. The largest absolute Gasteiger partial charge is 0.382 e. The van der Waals surface area contributed by atoms with Crippen LogP contribution in [0.5, 0.6) is 0 Å². The average molecular weight is 212 g/mol. The summed E-state index contributed by atoms with van der Waals surface area (Å²) in [6.07, 6.45) is 1.54. The van der Waals surface area contributed by atoms with Gasteiger partial charge in [-0.3, -0.25) is 4.79 Å². The van der Waals surface area contributed by atoms with Crippen LogP contribution in [0.4, 0.5) is 0 Å². The molecule has 78 valence electrons. The highest BCUT2D eigenvalue weighted by atomic mass is 32.1. The van der Waals surface area contributed by atoms with E-state index in [4.69, 9.17) is 4.74 Å². The van der Waals surface area contributed by atoms with Crippen LogP contribution in [-0.4, -0.2) is 19.0 Å². The number of aryl methyl sites for hydroxylation is 1. The smallest absolute Gasteiger partial charge is 0.163 e. The van der Waals surface area contributed by atoms with Gasteiger partial charge >= 0.3 is 0 Å². The third-order valence-electron chi connectivity index (χ3n) is 2.23. The Kier molecular flexibility index (Phi) is 4.29. The number of rotatable bonds is 5. The number of thiophene rings is 1. The van der Waals surface area contributed by atoms with E-state index in [9.17, 15) is 4.79 Å². The van der Waals surface area contributed by atoms with Gasteiger partial charge in [0.1, 0.15) is 0 Å². The van der Waals surface area contributed by atoms with Gasteiger partial charge in [0.05, 0.1) is 6.10 Å². The first-order valence-corrected chi connectivity index (χ1v) is 5.62. The molecule has 0 aliphatic carbocycles. The van der Waals surface area contributed by atoms with Crippen LogP contribution in [0.3, 0.4) is 0 Å². The Balaban J connectivity index is 2.43. The van der Waals surface area contributed by atoms with Crippen molar-refractivity contribution in [3.63, 3.8) is 0 Å². The van der Waals surface area contributed by atoms with Gasteiger partial charge in [-0.1, -0.05) is 0 Å². The van der Waals surface area contributed by atoms with Gasteiger partial charge in [-0.2, -0.15) is 0 Å². The van der Waals surface area contributed by atoms with E-state index in [-0.39, 0.29) is 11.9 Å². The Bertz CT molecular complexity index is 304. The average Bonchev–Trinajstić information content (AvgIpc) is 2.60. The highest BCUT2D eigenvalue weighted by Gasteiger charge is 2.09. The van der Waals surface area contributed by atoms with Crippen LogP contribution in [-0.2, 0) is 4.74 Å². The van der Waals surface area contributed by atoms with Crippen LogP contribution in [0.1, 0.15) is 35.0 Å². The summed E-state index contributed by atoms with van der Waals surface area (Å²) in [6, 6.07) is 1.95. The first-order valence-electron chi connectivity index (χ1n) is 4.74. The van der Waals surface area contributed by atoms with Crippen molar-refractivity contribution in [2.75, 3.05) is 7.11 Å². The molecule has 1 atom stereocenters. The molecule has 1 heterocycles. The Morgan fingerprint density at radius 3 is 2.86 bits per heavy atom. The maximum Gasteiger partial charge on any atom is 0.163 e. The van der Waals surface area contributed by atoms with Gasteiger partial charge in [0.25, 0.3) is 0 Å². The highest BCUT2D eigenvalue weighted by molar-refractivity contribution is 7.10. The van der Waals surface area contributed by atoms with Gasteiger partial charge in [-0.05, 0) is 26.3 Å². The van der Waals surface area contributed by atoms with E-state index in [1.54, 1.807) is 18.4 Å². The minimum atomic E-state index is 0.165. The summed E-state index contributed by atoms with van der Waals surface area (Å²) >= 11 is 1.62. The molecule has 2 nitrogen and oxygen atoms in total. The van der Waals surface area contributed by atoms with Crippen molar-refractivity contribution in [2.45, 2.75) is 32.8 Å². The zero-order chi connectivity index (χ0) is 10.6. The normalized spacial score (nSPS) is 12.8. The maximum absolute atomic E-state index is 11.6. The molecule has 0 aliphatic heterocycles. The minimum absolute atomic E-state index is 0.165. The van der Waals surface area contributed by atoms with Crippen molar-refractivity contribution in [1.82, 2.24) is 0 Å². The standard InChI is InChI=1S/C11H16O2S/c1-8(13-3)4-5-11(12)10-6-9(2)14-7-10/h6-8H,4-5H2,1-3H3. The van der Waals surface area contributed by atoms with Gasteiger partial charge in [0, 0.05) is 29.4 Å². The van der Waals surface area contributed by atoms with Gasteiger partial charge in [0.15, 0.2) is 5.78 Å². The zero-order valence-corrected chi connectivity index (χ0v) is 9.69. The van der Waals surface area contributed by atoms with Crippen molar-refractivity contribution >= 4 is 17.1 Å². The Morgan fingerprint density at radius 1 is 1.64 bits per heavy atom. The lowest BCUT2D eigenvalue weighted by molar-refractivity contribution is 0.0878. The van der Waals surface area contributed by atoms with Crippen molar-refractivity contribution in [2.24, 2.45) is 0 Å². The molecule has 0 bridgehead atoms. The molecule has 1 unspecified atom stereocenters. The molecule has 0 saturated carbocycles. The lowest BCUT2D eigenvalue weighted by Crippen LogP contribution is -2.08. The molecule has 0 amide bonds. The van der Waals surface area contributed by atoms with E-state index in [1.165, 1.54) is 4.88 Å². The predicted molar refractivity (Wildman–Crippen MR) is 59.1 cm³/mol. The maximum atomic E-state index is 11.6. The van der Waals surface area contributed by atoms with Crippen LogP contribution >= 0.6 is 11.3 Å². The second-order valence-corrected chi connectivity index (χ2v) is 4.57. The van der Waals surface area contributed by atoms with Crippen molar-refractivity contribution in [1.29, 1.82) is 0 Å². The fraction of sp³-hybridized carbons (Fsp3) is 0.545. The number of carbonyl (C=O) groups excluding carboxylic acids is 1. The number of ether oxygens (including phenoxy) is 1. The van der Waals surface area contributed by atoms with Crippen LogP contribution in [0.25, 0.3) is 0 Å². The van der Waals surface area contributed by atoms with Crippen LogP contribution in [0.2, 0.25) is 0 Å². The number of methoxy groups -OCH3 is 1. The van der Waals surface area contributed by atoms with E-state index < -0.39 is 0 Å². The first-order chi connectivity index (χ1) is 6.63. The molecule has 0 saturated heterocycles. The van der Waals surface area contributed by atoms with E-state index >= 15 is 0 Å².